The molecule has 0 spiro atoms. The first-order chi connectivity index (χ1) is 10.1. The molecule has 1 aromatic heterocycles. The Morgan fingerprint density at radius 3 is 2.52 bits per heavy atom. The summed E-state index contributed by atoms with van der Waals surface area (Å²) in [6.45, 7) is 3.27. The van der Waals surface area contributed by atoms with Crippen LogP contribution in [0.25, 0.3) is 11.4 Å². The van der Waals surface area contributed by atoms with Crippen molar-refractivity contribution in [3.05, 3.63) is 54.1 Å². The van der Waals surface area contributed by atoms with E-state index < -0.39 is 11.9 Å². The van der Waals surface area contributed by atoms with Gasteiger partial charge in [-0.15, -0.1) is 0 Å². The van der Waals surface area contributed by atoms with Crippen LogP contribution < -0.4 is 0 Å². The Hall–Kier alpha value is -2.50. The molecule has 0 fully saturated rings. The lowest BCUT2D eigenvalue weighted by atomic mass is 10.1. The molecule has 0 aliphatic rings. The average Bonchev–Trinajstić information content (AvgIpc) is 2.47. The highest BCUT2D eigenvalue weighted by atomic mass is 19.3. The van der Waals surface area contributed by atoms with Gasteiger partial charge in [-0.05, 0) is 49.4 Å². The summed E-state index contributed by atoms with van der Waals surface area (Å²) in [5, 5.41) is 0. The van der Waals surface area contributed by atoms with E-state index in [4.69, 9.17) is 0 Å². The van der Waals surface area contributed by atoms with Crippen LogP contribution in [0.1, 0.15) is 12.0 Å². The normalized spacial score (nSPS) is 10.2. The van der Waals surface area contributed by atoms with Crippen molar-refractivity contribution in [1.29, 1.82) is 0 Å². The average molecular weight is 291 g/mol. The molecular weight excluding hydrogens is 279 g/mol. The van der Waals surface area contributed by atoms with Gasteiger partial charge in [0.05, 0.1) is 5.69 Å². The molecule has 0 bridgehead atoms. The quantitative estimate of drug-likeness (QED) is 0.769. The molecule has 0 aliphatic heterocycles. The number of nitrogens with zero attached hydrogens (tertiary/aromatic N) is 3. The van der Waals surface area contributed by atoms with Crippen molar-refractivity contribution in [2.24, 2.45) is 4.99 Å². The molecular formula is C15H12F3N3. The number of aromatic nitrogens is 2. The van der Waals surface area contributed by atoms with Gasteiger partial charge in [0, 0.05) is 18.0 Å². The van der Waals surface area contributed by atoms with E-state index in [0.29, 0.717) is 17.8 Å². The Bertz CT molecular complexity index is 662. The minimum Gasteiger partial charge on any atom is -0.262 e. The molecule has 0 N–H and O–H groups in total. The van der Waals surface area contributed by atoms with Crippen LogP contribution in [0.5, 0.6) is 0 Å². The molecule has 0 aliphatic carbocycles. The topological polar surface area (TPSA) is 38.1 Å². The maximum absolute atomic E-state index is 13.6. The fourth-order valence-electron chi connectivity index (χ4n) is 1.76. The van der Waals surface area contributed by atoms with E-state index in [1.807, 2.05) is 0 Å². The van der Waals surface area contributed by atoms with E-state index in [1.54, 1.807) is 18.5 Å². The first-order valence-corrected chi connectivity index (χ1v) is 6.19. The van der Waals surface area contributed by atoms with Crippen LogP contribution in [0.3, 0.4) is 0 Å². The SMILES string of the molecule is C=Nc1ccc(-c2ncc(CCC=C(F)F)cn2)cc1F. The van der Waals surface area contributed by atoms with Gasteiger partial charge in [0.1, 0.15) is 5.82 Å². The van der Waals surface area contributed by atoms with Gasteiger partial charge < -0.3 is 0 Å². The minimum atomic E-state index is -1.70. The predicted molar refractivity (Wildman–Crippen MR) is 75.3 cm³/mol. The van der Waals surface area contributed by atoms with E-state index in [-0.39, 0.29) is 12.1 Å². The first-order valence-electron chi connectivity index (χ1n) is 6.19. The maximum atomic E-state index is 13.6. The second-order valence-corrected chi connectivity index (χ2v) is 4.27. The van der Waals surface area contributed by atoms with Gasteiger partial charge in [0.2, 0.25) is 0 Å². The highest BCUT2D eigenvalue weighted by Crippen LogP contribution is 2.23. The molecule has 0 saturated carbocycles. The first kappa shape index (κ1) is 14.9. The van der Waals surface area contributed by atoms with Crippen molar-refractivity contribution in [1.82, 2.24) is 9.97 Å². The predicted octanol–water partition coefficient (Wildman–Crippen LogP) is 4.33. The third-order valence-corrected chi connectivity index (χ3v) is 2.81. The highest BCUT2D eigenvalue weighted by molar-refractivity contribution is 5.60. The number of aryl methyl sites for hydroxylation is 1. The number of allylic oxidation sites excluding steroid dienone is 1. The van der Waals surface area contributed by atoms with Crippen LogP contribution in [0, 0.1) is 5.82 Å². The molecule has 1 aromatic carbocycles. The van der Waals surface area contributed by atoms with Crippen LogP contribution in [-0.2, 0) is 6.42 Å². The monoisotopic (exact) mass is 291 g/mol. The van der Waals surface area contributed by atoms with E-state index in [2.05, 4.69) is 21.7 Å². The van der Waals surface area contributed by atoms with E-state index in [0.717, 1.165) is 11.6 Å². The van der Waals surface area contributed by atoms with Crippen LogP contribution in [0.15, 0.2) is 47.7 Å². The van der Waals surface area contributed by atoms with E-state index >= 15 is 0 Å². The molecule has 0 amide bonds. The van der Waals surface area contributed by atoms with E-state index in [1.165, 1.54) is 12.1 Å². The standard InChI is InChI=1S/C15H12F3N3/c1-19-13-6-5-11(7-12(13)16)15-20-8-10(9-21-15)3-2-4-14(17)18/h4-9H,1-3H2. The summed E-state index contributed by atoms with van der Waals surface area (Å²) < 4.78 is 37.4. The van der Waals surface area contributed by atoms with Crippen LogP contribution in [0.4, 0.5) is 18.9 Å². The van der Waals surface area contributed by atoms with Crippen molar-refractivity contribution in [3.8, 4) is 11.4 Å². The Balaban J connectivity index is 2.13. The Kier molecular flexibility index (Phi) is 4.81. The molecule has 2 rings (SSSR count). The van der Waals surface area contributed by atoms with Gasteiger partial charge in [0.25, 0.3) is 6.08 Å². The zero-order valence-electron chi connectivity index (χ0n) is 11.1. The molecule has 1 heterocycles. The number of aliphatic imine (C=N–C) groups is 1. The van der Waals surface area contributed by atoms with Gasteiger partial charge in [-0.2, -0.15) is 8.78 Å². The summed E-state index contributed by atoms with van der Waals surface area (Å²) in [5.74, 6) is -0.140. The summed E-state index contributed by atoms with van der Waals surface area (Å²) in [4.78, 5) is 11.8. The van der Waals surface area contributed by atoms with Gasteiger partial charge in [-0.25, -0.2) is 14.4 Å². The van der Waals surface area contributed by atoms with Gasteiger partial charge in [-0.3, -0.25) is 4.99 Å². The number of benzene rings is 1. The van der Waals surface area contributed by atoms with Crippen LogP contribution in [0.2, 0.25) is 0 Å². The summed E-state index contributed by atoms with van der Waals surface area (Å²) in [5.41, 5.74) is 1.41. The van der Waals surface area contributed by atoms with Gasteiger partial charge >= 0.3 is 0 Å². The zero-order valence-corrected chi connectivity index (χ0v) is 11.1. The second kappa shape index (κ2) is 6.78. The fraction of sp³-hybridized carbons (Fsp3) is 0.133. The molecule has 3 nitrogen and oxygen atoms in total. The molecule has 6 heteroatoms. The molecule has 0 radical (unpaired) electrons. The summed E-state index contributed by atoms with van der Waals surface area (Å²) >= 11 is 0. The Morgan fingerprint density at radius 2 is 1.95 bits per heavy atom. The largest absolute Gasteiger partial charge is 0.266 e. The molecule has 21 heavy (non-hydrogen) atoms. The fourth-order valence-corrected chi connectivity index (χ4v) is 1.76. The lowest BCUT2D eigenvalue weighted by molar-refractivity contribution is 0.417. The van der Waals surface area contributed by atoms with Crippen molar-refractivity contribution in [3.63, 3.8) is 0 Å². The molecule has 0 unspecified atom stereocenters. The second-order valence-electron chi connectivity index (χ2n) is 4.27. The van der Waals surface area contributed by atoms with Crippen LogP contribution in [-0.4, -0.2) is 16.7 Å². The lowest BCUT2D eigenvalue weighted by Gasteiger charge is -2.03. The maximum Gasteiger partial charge on any atom is 0.266 e. The third-order valence-electron chi connectivity index (χ3n) is 2.81. The van der Waals surface area contributed by atoms with Gasteiger partial charge in [-0.1, -0.05) is 0 Å². The third kappa shape index (κ3) is 3.98. The molecule has 0 atom stereocenters. The van der Waals surface area contributed by atoms with Crippen molar-refractivity contribution in [2.45, 2.75) is 12.8 Å². The molecule has 2 aromatic rings. The van der Waals surface area contributed by atoms with Crippen molar-refractivity contribution < 1.29 is 13.2 Å². The number of halogens is 3. The Morgan fingerprint density at radius 1 is 1.24 bits per heavy atom. The van der Waals surface area contributed by atoms with Gasteiger partial charge in [0.15, 0.2) is 5.82 Å². The number of rotatable bonds is 5. The van der Waals surface area contributed by atoms with Crippen molar-refractivity contribution >= 4 is 12.4 Å². The smallest absolute Gasteiger partial charge is 0.262 e. The molecule has 0 saturated heterocycles. The summed E-state index contributed by atoms with van der Waals surface area (Å²) in [7, 11) is 0. The number of hydrogen-bond donors (Lipinski definition) is 0. The minimum absolute atomic E-state index is 0.162. The highest BCUT2D eigenvalue weighted by Gasteiger charge is 2.06. The van der Waals surface area contributed by atoms with Crippen LogP contribution >= 0.6 is 0 Å². The molecule has 108 valence electrons. The van der Waals surface area contributed by atoms with Crippen molar-refractivity contribution in [2.75, 3.05) is 0 Å². The Labute approximate surface area is 119 Å². The zero-order chi connectivity index (χ0) is 15.2. The van der Waals surface area contributed by atoms with E-state index in [9.17, 15) is 13.2 Å². The summed E-state index contributed by atoms with van der Waals surface area (Å²) in [6.07, 6.45) is 2.89. The number of hydrogen-bond acceptors (Lipinski definition) is 3. The lowest BCUT2D eigenvalue weighted by Crippen LogP contribution is -1.93. The summed E-state index contributed by atoms with van der Waals surface area (Å²) in [6, 6.07) is 4.41.